The number of sulfonamides is 1. The van der Waals surface area contributed by atoms with Crippen LogP contribution in [0.5, 0.6) is 0 Å². The molecule has 180 valence electrons. The Kier molecular flexibility index (Phi) is 7.48. The van der Waals surface area contributed by atoms with Crippen LogP contribution in [0.2, 0.25) is 0 Å². The molecular formula is C26H31N3O4S. The maximum atomic E-state index is 12.9. The molecule has 0 spiro atoms. The molecule has 0 bridgehead atoms. The van der Waals surface area contributed by atoms with E-state index in [1.165, 1.54) is 9.71 Å². The lowest BCUT2D eigenvalue weighted by atomic mass is 9.96. The molecule has 2 aliphatic heterocycles. The lowest BCUT2D eigenvalue weighted by molar-refractivity contribution is -0.120. The SMILES string of the molecule is Cc1c(NC(=O)C2CCN(S(=O)(=O)/C=C/c3ccccc3)CC2)cccc1C(=O)N1CCCC1. The van der Waals surface area contributed by atoms with Gasteiger partial charge >= 0.3 is 0 Å². The summed E-state index contributed by atoms with van der Waals surface area (Å²) in [5, 5.41) is 4.21. The van der Waals surface area contributed by atoms with Crippen molar-refractivity contribution in [1.29, 1.82) is 0 Å². The Hall–Kier alpha value is -2.97. The number of likely N-dealkylation sites (tertiary alicyclic amines) is 1. The van der Waals surface area contributed by atoms with Crippen molar-refractivity contribution in [3.63, 3.8) is 0 Å². The summed E-state index contributed by atoms with van der Waals surface area (Å²) in [4.78, 5) is 27.6. The Balaban J connectivity index is 1.35. The molecule has 2 fully saturated rings. The molecule has 0 aromatic heterocycles. The first-order chi connectivity index (χ1) is 16.3. The summed E-state index contributed by atoms with van der Waals surface area (Å²) in [6.07, 6.45) is 4.55. The normalized spacial score (nSPS) is 17.9. The third-order valence-corrected chi connectivity index (χ3v) is 8.20. The average molecular weight is 482 g/mol. The van der Waals surface area contributed by atoms with E-state index >= 15 is 0 Å². The molecule has 0 saturated carbocycles. The molecule has 0 aliphatic carbocycles. The fourth-order valence-corrected chi connectivity index (χ4v) is 5.74. The van der Waals surface area contributed by atoms with Gasteiger partial charge in [0.2, 0.25) is 15.9 Å². The number of anilines is 1. The fraction of sp³-hybridized carbons (Fsp3) is 0.385. The Morgan fingerprint density at radius 1 is 0.941 bits per heavy atom. The Labute approximate surface area is 201 Å². The number of rotatable bonds is 6. The van der Waals surface area contributed by atoms with E-state index in [9.17, 15) is 18.0 Å². The van der Waals surface area contributed by atoms with Gasteiger partial charge in [0.1, 0.15) is 0 Å². The highest BCUT2D eigenvalue weighted by atomic mass is 32.2. The standard InChI is InChI=1S/C26H31N3O4S/c1-20-23(26(31)28-15-5-6-16-28)10-7-11-24(20)27-25(30)22-12-17-29(18-13-22)34(32,33)19-14-21-8-3-2-4-9-21/h2-4,7-11,14,19,22H,5-6,12-13,15-18H2,1H3,(H,27,30)/b19-14+. The molecular weight excluding hydrogens is 450 g/mol. The minimum Gasteiger partial charge on any atom is -0.339 e. The average Bonchev–Trinajstić information content (AvgIpc) is 3.40. The smallest absolute Gasteiger partial charge is 0.254 e. The first-order valence-electron chi connectivity index (χ1n) is 11.8. The van der Waals surface area contributed by atoms with Gasteiger partial charge in [-0.05, 0) is 61.9 Å². The molecule has 2 aromatic carbocycles. The second kappa shape index (κ2) is 10.5. The summed E-state index contributed by atoms with van der Waals surface area (Å²) in [7, 11) is -3.54. The van der Waals surface area contributed by atoms with E-state index in [1.54, 1.807) is 18.2 Å². The van der Waals surface area contributed by atoms with Crippen LogP contribution in [0, 0.1) is 12.8 Å². The molecule has 2 saturated heterocycles. The Morgan fingerprint density at radius 2 is 1.62 bits per heavy atom. The number of piperidine rings is 1. The van der Waals surface area contributed by atoms with Crippen LogP contribution in [0.1, 0.15) is 47.2 Å². The van der Waals surface area contributed by atoms with Crippen LogP contribution >= 0.6 is 0 Å². The van der Waals surface area contributed by atoms with E-state index in [1.807, 2.05) is 48.2 Å². The lowest BCUT2D eigenvalue weighted by Gasteiger charge is -2.29. The summed E-state index contributed by atoms with van der Waals surface area (Å²) in [6.45, 7) is 4.00. The molecule has 8 heteroatoms. The molecule has 2 aromatic rings. The van der Waals surface area contributed by atoms with E-state index in [-0.39, 0.29) is 17.7 Å². The molecule has 7 nitrogen and oxygen atoms in total. The number of carbonyl (C=O) groups is 2. The molecule has 0 radical (unpaired) electrons. The Morgan fingerprint density at radius 3 is 2.29 bits per heavy atom. The monoisotopic (exact) mass is 481 g/mol. The maximum absolute atomic E-state index is 12.9. The molecule has 4 rings (SSSR count). The van der Waals surface area contributed by atoms with Crippen LogP contribution in [0.15, 0.2) is 53.9 Å². The highest BCUT2D eigenvalue weighted by Crippen LogP contribution is 2.26. The summed E-state index contributed by atoms with van der Waals surface area (Å²) >= 11 is 0. The molecule has 0 unspecified atom stereocenters. The van der Waals surface area contributed by atoms with Gasteiger partial charge in [0.25, 0.3) is 5.91 Å². The van der Waals surface area contributed by atoms with Crippen LogP contribution in [0.4, 0.5) is 5.69 Å². The number of amides is 2. The largest absolute Gasteiger partial charge is 0.339 e. The number of hydrogen-bond donors (Lipinski definition) is 1. The molecule has 2 heterocycles. The highest BCUT2D eigenvalue weighted by molar-refractivity contribution is 7.92. The second-order valence-electron chi connectivity index (χ2n) is 8.90. The number of carbonyl (C=O) groups excluding carboxylic acids is 2. The van der Waals surface area contributed by atoms with E-state index in [0.29, 0.717) is 37.2 Å². The summed E-state index contributed by atoms with van der Waals surface area (Å²) < 4.78 is 26.8. The molecule has 2 aliphatic rings. The number of nitrogens with zero attached hydrogens (tertiary/aromatic N) is 2. The molecule has 1 N–H and O–H groups in total. The topological polar surface area (TPSA) is 86.8 Å². The molecule has 0 atom stereocenters. The molecule has 2 amide bonds. The van der Waals surface area contributed by atoms with Crippen LogP contribution in [0.3, 0.4) is 0 Å². The van der Waals surface area contributed by atoms with Gasteiger partial charge in [0, 0.05) is 48.8 Å². The van der Waals surface area contributed by atoms with Crippen molar-refractivity contribution in [2.75, 3.05) is 31.5 Å². The van der Waals surface area contributed by atoms with Crippen LogP contribution in [-0.2, 0) is 14.8 Å². The number of benzene rings is 2. The number of hydrogen-bond acceptors (Lipinski definition) is 4. The first-order valence-corrected chi connectivity index (χ1v) is 13.3. The van der Waals surface area contributed by atoms with Gasteiger partial charge in [-0.3, -0.25) is 9.59 Å². The van der Waals surface area contributed by atoms with Crippen LogP contribution in [0.25, 0.3) is 6.08 Å². The zero-order chi connectivity index (χ0) is 24.1. The van der Waals surface area contributed by atoms with Gasteiger partial charge in [-0.2, -0.15) is 4.31 Å². The number of nitrogens with one attached hydrogen (secondary N) is 1. The first kappa shape index (κ1) is 24.2. The van der Waals surface area contributed by atoms with Gasteiger partial charge in [-0.1, -0.05) is 36.4 Å². The van der Waals surface area contributed by atoms with Gasteiger partial charge in [0.15, 0.2) is 0 Å². The highest BCUT2D eigenvalue weighted by Gasteiger charge is 2.30. The van der Waals surface area contributed by atoms with E-state index in [0.717, 1.165) is 37.1 Å². The van der Waals surface area contributed by atoms with Gasteiger partial charge < -0.3 is 10.2 Å². The summed E-state index contributed by atoms with van der Waals surface area (Å²) in [5.41, 5.74) is 2.83. The third kappa shape index (κ3) is 5.56. The minimum atomic E-state index is -3.54. The Bertz CT molecular complexity index is 1160. The van der Waals surface area contributed by atoms with Crippen molar-refractivity contribution in [2.24, 2.45) is 5.92 Å². The zero-order valence-electron chi connectivity index (χ0n) is 19.4. The van der Waals surface area contributed by atoms with Crippen molar-refractivity contribution in [3.05, 3.63) is 70.6 Å². The quantitative estimate of drug-likeness (QED) is 0.678. The van der Waals surface area contributed by atoms with Crippen molar-refractivity contribution in [2.45, 2.75) is 32.6 Å². The van der Waals surface area contributed by atoms with Gasteiger partial charge in [-0.15, -0.1) is 0 Å². The van der Waals surface area contributed by atoms with Crippen molar-refractivity contribution in [1.82, 2.24) is 9.21 Å². The van der Waals surface area contributed by atoms with Gasteiger partial charge in [0.05, 0.1) is 0 Å². The van der Waals surface area contributed by atoms with E-state index < -0.39 is 10.0 Å². The van der Waals surface area contributed by atoms with Crippen molar-refractivity contribution < 1.29 is 18.0 Å². The van der Waals surface area contributed by atoms with Crippen molar-refractivity contribution in [3.8, 4) is 0 Å². The minimum absolute atomic E-state index is 0.00757. The van der Waals surface area contributed by atoms with Gasteiger partial charge in [-0.25, -0.2) is 8.42 Å². The van der Waals surface area contributed by atoms with E-state index in [4.69, 9.17) is 0 Å². The van der Waals surface area contributed by atoms with E-state index in [2.05, 4.69) is 5.32 Å². The second-order valence-corrected chi connectivity index (χ2v) is 10.7. The predicted molar refractivity (Wildman–Crippen MR) is 134 cm³/mol. The third-order valence-electron chi connectivity index (χ3n) is 6.63. The zero-order valence-corrected chi connectivity index (χ0v) is 20.3. The molecule has 34 heavy (non-hydrogen) atoms. The van der Waals surface area contributed by atoms with Crippen LogP contribution in [-0.4, -0.2) is 55.6 Å². The predicted octanol–water partition coefficient (Wildman–Crippen LogP) is 3.88. The summed E-state index contributed by atoms with van der Waals surface area (Å²) in [6, 6.07) is 14.7. The summed E-state index contributed by atoms with van der Waals surface area (Å²) in [5.74, 6) is -0.402. The fourth-order valence-electron chi connectivity index (χ4n) is 4.52. The van der Waals surface area contributed by atoms with Crippen LogP contribution < -0.4 is 5.32 Å². The lowest BCUT2D eigenvalue weighted by Crippen LogP contribution is -2.40. The van der Waals surface area contributed by atoms with Crippen molar-refractivity contribution >= 4 is 33.6 Å². The maximum Gasteiger partial charge on any atom is 0.254 e.